The summed E-state index contributed by atoms with van der Waals surface area (Å²) in [5, 5.41) is 3.84. The highest BCUT2D eigenvalue weighted by molar-refractivity contribution is 4.95. The van der Waals surface area contributed by atoms with Crippen LogP contribution in [0, 0.1) is 11.8 Å². The second kappa shape index (κ2) is 7.05. The topological polar surface area (TPSA) is 18.5 Å². The number of likely N-dealkylation sites (N-methyl/N-ethyl adjacent to an activating group) is 1. The molecule has 112 valence electrons. The van der Waals surface area contributed by atoms with E-state index in [1.165, 1.54) is 52.0 Å². The van der Waals surface area contributed by atoms with E-state index in [2.05, 4.69) is 42.9 Å². The Morgan fingerprint density at radius 2 is 1.74 bits per heavy atom. The highest BCUT2D eigenvalue weighted by atomic mass is 15.3. The average molecular weight is 267 g/mol. The van der Waals surface area contributed by atoms with Crippen LogP contribution in [0.3, 0.4) is 0 Å². The Labute approximate surface area is 119 Å². The first-order valence-corrected chi connectivity index (χ1v) is 8.27. The average Bonchev–Trinajstić information content (AvgIpc) is 2.37. The van der Waals surface area contributed by atoms with Gasteiger partial charge in [0.1, 0.15) is 0 Å². The molecule has 4 atom stereocenters. The molecule has 0 aromatic carbocycles. The van der Waals surface area contributed by atoms with E-state index in [1.807, 2.05) is 0 Å². The maximum Gasteiger partial charge on any atom is 0.0276 e. The summed E-state index contributed by atoms with van der Waals surface area (Å²) in [4.78, 5) is 5.23. The second-order valence-electron chi connectivity index (χ2n) is 6.94. The highest BCUT2D eigenvalue weighted by Gasteiger charge is 2.37. The van der Waals surface area contributed by atoms with Crippen LogP contribution < -0.4 is 5.32 Å². The number of rotatable bonds is 4. The van der Waals surface area contributed by atoms with Crippen LogP contribution in [0.15, 0.2) is 0 Å². The second-order valence-corrected chi connectivity index (χ2v) is 6.94. The SMILES string of the molecule is CCCNC1CC(C)CC(C)C1N1CCN(C)CC1. The lowest BCUT2D eigenvalue weighted by molar-refractivity contribution is 0.0297. The van der Waals surface area contributed by atoms with E-state index >= 15 is 0 Å². The van der Waals surface area contributed by atoms with Gasteiger partial charge in [0.2, 0.25) is 0 Å². The summed E-state index contributed by atoms with van der Waals surface area (Å²) in [5.74, 6) is 1.72. The number of hydrogen-bond acceptors (Lipinski definition) is 3. The van der Waals surface area contributed by atoms with Gasteiger partial charge in [-0.25, -0.2) is 0 Å². The monoisotopic (exact) mass is 267 g/mol. The Balaban J connectivity index is 2.00. The van der Waals surface area contributed by atoms with Crippen LogP contribution in [0.25, 0.3) is 0 Å². The van der Waals surface area contributed by atoms with Crippen molar-refractivity contribution in [2.24, 2.45) is 11.8 Å². The summed E-state index contributed by atoms with van der Waals surface area (Å²) in [6.07, 6.45) is 4.01. The van der Waals surface area contributed by atoms with Crippen molar-refractivity contribution >= 4 is 0 Å². The molecular weight excluding hydrogens is 234 g/mol. The van der Waals surface area contributed by atoms with Gasteiger partial charge in [0.05, 0.1) is 0 Å². The summed E-state index contributed by atoms with van der Waals surface area (Å²) >= 11 is 0. The van der Waals surface area contributed by atoms with E-state index in [4.69, 9.17) is 0 Å². The fraction of sp³-hybridized carbons (Fsp3) is 1.00. The van der Waals surface area contributed by atoms with E-state index in [0.29, 0.717) is 6.04 Å². The van der Waals surface area contributed by atoms with E-state index in [0.717, 1.165) is 17.9 Å². The molecular formula is C16H33N3. The molecule has 3 nitrogen and oxygen atoms in total. The van der Waals surface area contributed by atoms with Crippen molar-refractivity contribution in [1.29, 1.82) is 0 Å². The molecule has 1 aliphatic heterocycles. The molecule has 1 heterocycles. The lowest BCUT2D eigenvalue weighted by atomic mass is 9.75. The van der Waals surface area contributed by atoms with Gasteiger partial charge in [-0.3, -0.25) is 4.90 Å². The van der Waals surface area contributed by atoms with Gasteiger partial charge in [0, 0.05) is 38.3 Å². The zero-order valence-corrected chi connectivity index (χ0v) is 13.4. The molecule has 2 aliphatic rings. The summed E-state index contributed by atoms with van der Waals surface area (Å²) in [7, 11) is 2.25. The maximum atomic E-state index is 3.84. The summed E-state index contributed by atoms with van der Waals surface area (Å²) < 4.78 is 0. The lowest BCUT2D eigenvalue weighted by Gasteiger charge is -2.48. The van der Waals surface area contributed by atoms with E-state index in [1.54, 1.807) is 0 Å². The standard InChI is InChI=1S/C16H33N3/c1-5-6-17-15-12-13(2)11-14(3)16(15)19-9-7-18(4)8-10-19/h13-17H,5-12H2,1-4H3. The van der Waals surface area contributed by atoms with Crippen molar-refractivity contribution in [1.82, 2.24) is 15.1 Å². The molecule has 0 spiro atoms. The molecule has 0 radical (unpaired) electrons. The Morgan fingerprint density at radius 3 is 2.37 bits per heavy atom. The number of piperazine rings is 1. The Hall–Kier alpha value is -0.120. The highest BCUT2D eigenvalue weighted by Crippen LogP contribution is 2.32. The predicted molar refractivity (Wildman–Crippen MR) is 82.5 cm³/mol. The molecule has 0 amide bonds. The molecule has 3 heteroatoms. The molecule has 2 fully saturated rings. The van der Waals surface area contributed by atoms with Gasteiger partial charge in [0.25, 0.3) is 0 Å². The van der Waals surface area contributed by atoms with Gasteiger partial charge in [0.15, 0.2) is 0 Å². The number of nitrogens with zero attached hydrogens (tertiary/aromatic N) is 2. The van der Waals surface area contributed by atoms with Gasteiger partial charge < -0.3 is 10.2 Å². The minimum atomic E-state index is 0.710. The number of hydrogen-bond donors (Lipinski definition) is 1. The zero-order valence-electron chi connectivity index (χ0n) is 13.4. The summed E-state index contributed by atoms with van der Waals surface area (Å²) in [6, 6.07) is 1.47. The Morgan fingerprint density at radius 1 is 1.05 bits per heavy atom. The van der Waals surface area contributed by atoms with Gasteiger partial charge in [-0.05, 0) is 44.7 Å². The summed E-state index contributed by atoms with van der Waals surface area (Å²) in [5.41, 5.74) is 0. The van der Waals surface area contributed by atoms with Crippen molar-refractivity contribution in [3.63, 3.8) is 0 Å². The molecule has 0 aromatic heterocycles. The quantitative estimate of drug-likeness (QED) is 0.841. The minimum absolute atomic E-state index is 0.710. The molecule has 0 bridgehead atoms. The lowest BCUT2D eigenvalue weighted by Crippen LogP contribution is -2.60. The molecule has 4 unspecified atom stereocenters. The fourth-order valence-electron chi connectivity index (χ4n) is 4.11. The molecule has 19 heavy (non-hydrogen) atoms. The third-order valence-corrected chi connectivity index (χ3v) is 5.04. The van der Waals surface area contributed by atoms with Crippen molar-refractivity contribution in [3.8, 4) is 0 Å². The first kappa shape index (κ1) is 15.3. The number of nitrogens with one attached hydrogen (secondary N) is 1. The third-order valence-electron chi connectivity index (χ3n) is 5.04. The van der Waals surface area contributed by atoms with Crippen molar-refractivity contribution in [2.45, 2.75) is 52.1 Å². The molecule has 1 aliphatic carbocycles. The smallest absolute Gasteiger partial charge is 0.0276 e. The van der Waals surface area contributed by atoms with Gasteiger partial charge >= 0.3 is 0 Å². The first-order valence-electron chi connectivity index (χ1n) is 8.27. The van der Waals surface area contributed by atoms with Crippen molar-refractivity contribution in [3.05, 3.63) is 0 Å². The zero-order chi connectivity index (χ0) is 13.8. The van der Waals surface area contributed by atoms with Crippen LogP contribution in [-0.2, 0) is 0 Å². The van der Waals surface area contributed by atoms with Crippen LogP contribution in [-0.4, -0.2) is 61.7 Å². The van der Waals surface area contributed by atoms with Crippen LogP contribution in [0.4, 0.5) is 0 Å². The van der Waals surface area contributed by atoms with Crippen LogP contribution >= 0.6 is 0 Å². The first-order chi connectivity index (χ1) is 9.11. The Kier molecular flexibility index (Phi) is 5.67. The summed E-state index contributed by atoms with van der Waals surface area (Å²) in [6.45, 7) is 13.3. The van der Waals surface area contributed by atoms with Gasteiger partial charge in [-0.15, -0.1) is 0 Å². The molecule has 1 saturated heterocycles. The van der Waals surface area contributed by atoms with E-state index in [9.17, 15) is 0 Å². The van der Waals surface area contributed by atoms with Crippen molar-refractivity contribution in [2.75, 3.05) is 39.8 Å². The van der Waals surface area contributed by atoms with E-state index < -0.39 is 0 Å². The fourth-order valence-corrected chi connectivity index (χ4v) is 4.11. The van der Waals surface area contributed by atoms with Gasteiger partial charge in [-0.1, -0.05) is 20.8 Å². The maximum absolute atomic E-state index is 3.84. The molecule has 1 saturated carbocycles. The normalized spacial score (nSPS) is 38.5. The predicted octanol–water partition coefficient (Wildman–Crippen LogP) is 2.04. The van der Waals surface area contributed by atoms with Crippen LogP contribution in [0.2, 0.25) is 0 Å². The third kappa shape index (κ3) is 3.93. The van der Waals surface area contributed by atoms with E-state index in [-0.39, 0.29) is 0 Å². The van der Waals surface area contributed by atoms with Gasteiger partial charge in [-0.2, -0.15) is 0 Å². The minimum Gasteiger partial charge on any atom is -0.312 e. The largest absolute Gasteiger partial charge is 0.312 e. The molecule has 0 aromatic rings. The molecule has 1 N–H and O–H groups in total. The van der Waals surface area contributed by atoms with Crippen molar-refractivity contribution < 1.29 is 0 Å². The Bertz CT molecular complexity index is 261. The molecule has 2 rings (SSSR count). The van der Waals surface area contributed by atoms with Crippen LogP contribution in [0.5, 0.6) is 0 Å². The van der Waals surface area contributed by atoms with Crippen LogP contribution in [0.1, 0.15) is 40.0 Å².